The molecule has 0 radical (unpaired) electrons. The number of ketones is 1. The van der Waals surface area contributed by atoms with Gasteiger partial charge in [0.15, 0.2) is 5.78 Å². The van der Waals surface area contributed by atoms with Crippen LogP contribution < -0.4 is 4.31 Å². The Labute approximate surface area is 160 Å². The van der Waals surface area contributed by atoms with Gasteiger partial charge in [-0.2, -0.15) is 0 Å². The molecule has 0 aliphatic carbocycles. The van der Waals surface area contributed by atoms with Gasteiger partial charge in [0.1, 0.15) is 0 Å². The van der Waals surface area contributed by atoms with Crippen LogP contribution in [0.25, 0.3) is 0 Å². The van der Waals surface area contributed by atoms with Gasteiger partial charge in [-0.05, 0) is 36.8 Å². The molecule has 0 aromatic heterocycles. The number of hydrogen-bond donors (Lipinski definition) is 0. The van der Waals surface area contributed by atoms with Crippen LogP contribution >= 0.6 is 0 Å². The van der Waals surface area contributed by atoms with E-state index in [9.17, 15) is 18.0 Å². The summed E-state index contributed by atoms with van der Waals surface area (Å²) in [6, 6.07) is 15.9. The third-order valence-electron chi connectivity index (χ3n) is 4.18. The first-order valence-corrected chi connectivity index (χ1v) is 10.4. The molecular weight excluding hydrogens is 364 g/mol. The Kier molecular flexibility index (Phi) is 6.74. The van der Waals surface area contributed by atoms with E-state index in [1.807, 2.05) is 30.3 Å². The van der Waals surface area contributed by atoms with Gasteiger partial charge in [0, 0.05) is 32.1 Å². The lowest BCUT2D eigenvalue weighted by molar-refractivity contribution is -0.130. The third-order valence-corrected chi connectivity index (χ3v) is 5.37. The fourth-order valence-electron chi connectivity index (χ4n) is 2.68. The summed E-state index contributed by atoms with van der Waals surface area (Å²) in [5.74, 6) is -0.238. The number of rotatable bonds is 8. The molecule has 0 aliphatic rings. The Bertz CT molecular complexity index is 893. The molecule has 0 N–H and O–H groups in total. The summed E-state index contributed by atoms with van der Waals surface area (Å²) in [5.41, 5.74) is 1.94. The summed E-state index contributed by atoms with van der Waals surface area (Å²) < 4.78 is 25.5. The van der Waals surface area contributed by atoms with Crippen LogP contribution in [0, 0.1) is 0 Å². The van der Waals surface area contributed by atoms with Gasteiger partial charge < -0.3 is 4.90 Å². The molecule has 144 valence electrons. The first-order valence-electron chi connectivity index (χ1n) is 8.55. The normalized spacial score (nSPS) is 11.1. The minimum absolute atomic E-state index is 0.0379. The molecule has 7 heteroatoms. The van der Waals surface area contributed by atoms with Crippen LogP contribution in [-0.4, -0.2) is 44.9 Å². The Balaban J connectivity index is 2.06. The highest BCUT2D eigenvalue weighted by Gasteiger charge is 2.20. The van der Waals surface area contributed by atoms with Crippen molar-refractivity contribution in [3.63, 3.8) is 0 Å². The van der Waals surface area contributed by atoms with Crippen molar-refractivity contribution in [2.75, 3.05) is 24.2 Å². The highest BCUT2D eigenvalue weighted by molar-refractivity contribution is 7.92. The average Bonchev–Trinajstić information content (AvgIpc) is 2.61. The maximum absolute atomic E-state index is 12.4. The van der Waals surface area contributed by atoms with Crippen molar-refractivity contribution in [2.24, 2.45) is 0 Å². The number of carbonyl (C=O) groups excluding carboxylic acids is 2. The summed E-state index contributed by atoms with van der Waals surface area (Å²) in [6.45, 7) is 1.95. The summed E-state index contributed by atoms with van der Waals surface area (Å²) in [4.78, 5) is 25.4. The van der Waals surface area contributed by atoms with E-state index in [1.165, 1.54) is 11.2 Å². The van der Waals surface area contributed by atoms with Crippen molar-refractivity contribution in [1.29, 1.82) is 0 Å². The van der Waals surface area contributed by atoms with Crippen LogP contribution in [0.3, 0.4) is 0 Å². The van der Waals surface area contributed by atoms with Crippen molar-refractivity contribution in [2.45, 2.75) is 19.9 Å². The monoisotopic (exact) mass is 388 g/mol. The SMILES string of the molecule is CC(=O)c1ccc(N(CCC(=O)N(C)Cc2ccccc2)S(C)(=O)=O)cc1. The number of Topliss-reactive ketones (excluding diaryl/α,β-unsaturated/α-hetero) is 1. The molecule has 27 heavy (non-hydrogen) atoms. The van der Waals surface area contributed by atoms with Crippen molar-refractivity contribution >= 4 is 27.4 Å². The Morgan fingerprint density at radius 1 is 0.963 bits per heavy atom. The molecule has 0 saturated carbocycles. The number of anilines is 1. The largest absolute Gasteiger partial charge is 0.341 e. The van der Waals surface area contributed by atoms with E-state index >= 15 is 0 Å². The van der Waals surface area contributed by atoms with Crippen molar-refractivity contribution in [3.05, 3.63) is 65.7 Å². The minimum atomic E-state index is -3.55. The van der Waals surface area contributed by atoms with Gasteiger partial charge in [0.05, 0.1) is 11.9 Å². The second kappa shape index (κ2) is 8.81. The van der Waals surface area contributed by atoms with Crippen LogP contribution in [-0.2, 0) is 21.4 Å². The molecule has 0 aliphatic heterocycles. The smallest absolute Gasteiger partial charge is 0.232 e. The standard InChI is InChI=1S/C20H24N2O4S/c1-16(23)18-9-11-19(12-10-18)22(27(3,25)26)14-13-20(24)21(2)15-17-7-5-4-6-8-17/h4-12H,13-15H2,1-3H3. The average molecular weight is 388 g/mol. The molecule has 2 rings (SSSR count). The number of sulfonamides is 1. The molecule has 2 aromatic carbocycles. The van der Waals surface area contributed by atoms with Crippen LogP contribution in [0.2, 0.25) is 0 Å². The van der Waals surface area contributed by atoms with Crippen LogP contribution in [0.15, 0.2) is 54.6 Å². The molecule has 2 aromatic rings. The summed E-state index contributed by atoms with van der Waals surface area (Å²) >= 11 is 0. The molecule has 0 atom stereocenters. The number of amides is 1. The molecule has 6 nitrogen and oxygen atoms in total. The molecular formula is C20H24N2O4S. The maximum Gasteiger partial charge on any atom is 0.232 e. The second-order valence-electron chi connectivity index (χ2n) is 6.42. The highest BCUT2D eigenvalue weighted by Crippen LogP contribution is 2.19. The van der Waals surface area contributed by atoms with Crippen LogP contribution in [0.5, 0.6) is 0 Å². The van der Waals surface area contributed by atoms with Crippen LogP contribution in [0.1, 0.15) is 29.3 Å². The molecule has 0 fully saturated rings. The van der Waals surface area contributed by atoms with Gasteiger partial charge in [0.25, 0.3) is 0 Å². The Hall–Kier alpha value is -2.67. The lowest BCUT2D eigenvalue weighted by Gasteiger charge is -2.24. The van der Waals surface area contributed by atoms with Gasteiger partial charge in [0.2, 0.25) is 15.9 Å². The zero-order valence-corrected chi connectivity index (χ0v) is 16.6. The molecule has 0 saturated heterocycles. The number of carbonyl (C=O) groups is 2. The predicted molar refractivity (Wildman–Crippen MR) is 106 cm³/mol. The molecule has 0 bridgehead atoms. The van der Waals surface area contributed by atoms with Gasteiger partial charge >= 0.3 is 0 Å². The Morgan fingerprint density at radius 3 is 2.07 bits per heavy atom. The zero-order valence-electron chi connectivity index (χ0n) is 15.8. The summed E-state index contributed by atoms with van der Waals surface area (Å²) in [6.07, 6.45) is 1.16. The second-order valence-corrected chi connectivity index (χ2v) is 8.33. The van der Waals surface area contributed by atoms with Gasteiger partial charge in [-0.25, -0.2) is 8.42 Å². The van der Waals surface area contributed by atoms with E-state index in [4.69, 9.17) is 0 Å². The lowest BCUT2D eigenvalue weighted by Crippen LogP contribution is -2.35. The fourth-order valence-corrected chi connectivity index (χ4v) is 3.61. The number of hydrogen-bond acceptors (Lipinski definition) is 4. The van der Waals surface area contributed by atoms with E-state index in [0.717, 1.165) is 11.8 Å². The van der Waals surface area contributed by atoms with Crippen molar-refractivity contribution in [1.82, 2.24) is 4.90 Å². The van der Waals surface area contributed by atoms with Crippen LogP contribution in [0.4, 0.5) is 5.69 Å². The van der Waals surface area contributed by atoms with Gasteiger partial charge in [-0.1, -0.05) is 30.3 Å². The molecule has 0 spiro atoms. The quantitative estimate of drug-likeness (QED) is 0.652. The number of nitrogens with zero attached hydrogens (tertiary/aromatic N) is 2. The topological polar surface area (TPSA) is 74.8 Å². The zero-order chi connectivity index (χ0) is 20.0. The molecule has 0 unspecified atom stereocenters. The number of benzene rings is 2. The molecule has 0 heterocycles. The van der Waals surface area contributed by atoms with Gasteiger partial charge in [-0.15, -0.1) is 0 Å². The van der Waals surface area contributed by atoms with Crippen molar-refractivity contribution < 1.29 is 18.0 Å². The van der Waals surface area contributed by atoms with E-state index in [2.05, 4.69) is 0 Å². The Morgan fingerprint density at radius 2 is 1.56 bits per heavy atom. The first kappa shape index (κ1) is 20.6. The highest BCUT2D eigenvalue weighted by atomic mass is 32.2. The first-order chi connectivity index (χ1) is 12.7. The summed E-state index contributed by atoms with van der Waals surface area (Å²) in [7, 11) is -1.86. The third kappa shape index (κ3) is 5.92. The van der Waals surface area contributed by atoms with E-state index < -0.39 is 10.0 Å². The molecule has 1 amide bonds. The lowest BCUT2D eigenvalue weighted by atomic mass is 10.1. The fraction of sp³-hybridized carbons (Fsp3) is 0.300. The van der Waals surface area contributed by atoms with E-state index in [1.54, 1.807) is 36.2 Å². The minimum Gasteiger partial charge on any atom is -0.341 e. The van der Waals surface area contributed by atoms with E-state index in [0.29, 0.717) is 17.8 Å². The summed E-state index contributed by atoms with van der Waals surface area (Å²) in [5, 5.41) is 0. The maximum atomic E-state index is 12.4. The predicted octanol–water partition coefficient (Wildman–Crippen LogP) is 2.70. The van der Waals surface area contributed by atoms with E-state index in [-0.39, 0.29) is 24.7 Å². The van der Waals surface area contributed by atoms with Crippen molar-refractivity contribution in [3.8, 4) is 0 Å². The van der Waals surface area contributed by atoms with Gasteiger partial charge in [-0.3, -0.25) is 13.9 Å².